The van der Waals surface area contributed by atoms with Gasteiger partial charge in [0.2, 0.25) is 0 Å². The van der Waals surface area contributed by atoms with E-state index >= 15 is 0 Å². The van der Waals surface area contributed by atoms with Gasteiger partial charge in [0.05, 0.1) is 0 Å². The lowest BCUT2D eigenvalue weighted by Crippen LogP contribution is -1.91. The Morgan fingerprint density at radius 3 is 1.70 bits per heavy atom. The first-order valence-corrected chi connectivity index (χ1v) is 15.0. The second-order valence-electron chi connectivity index (χ2n) is 11.6. The molecule has 0 amide bonds. The highest BCUT2D eigenvalue weighted by atomic mass is 16.3. The van der Waals surface area contributed by atoms with Crippen LogP contribution in [0.5, 0.6) is 0 Å². The van der Waals surface area contributed by atoms with E-state index in [-0.39, 0.29) is 0 Å². The predicted octanol–water partition coefficient (Wildman–Crippen LogP) is 12.3. The van der Waals surface area contributed by atoms with Gasteiger partial charge in [-0.25, -0.2) is 0 Å². The normalized spacial score (nSPS) is 12.1. The first kappa shape index (κ1) is 23.7. The first-order valence-electron chi connectivity index (χ1n) is 15.0. The van der Waals surface area contributed by atoms with Crippen LogP contribution in [-0.4, -0.2) is 0 Å². The Labute approximate surface area is 252 Å². The SMILES string of the molecule is c1ccc2c(c1)ccc1oc3ccc(-c4c5ccccc5c(-c5cccc6c5oc5ccccc56)c5ccccc45)cc3c12. The fourth-order valence-electron chi connectivity index (χ4n) is 7.38. The Hall–Kier alpha value is -5.86. The fourth-order valence-corrected chi connectivity index (χ4v) is 7.38. The van der Waals surface area contributed by atoms with Crippen LogP contribution in [0.25, 0.3) is 98.4 Å². The number of rotatable bonds is 2. The molecule has 0 saturated heterocycles. The number of hydrogen-bond acceptors (Lipinski definition) is 2. The van der Waals surface area contributed by atoms with Crippen LogP contribution in [0.4, 0.5) is 0 Å². The van der Waals surface area contributed by atoms with Crippen LogP contribution in [0.3, 0.4) is 0 Å². The van der Waals surface area contributed by atoms with Crippen LogP contribution in [-0.2, 0) is 0 Å². The average molecular weight is 561 g/mol. The van der Waals surface area contributed by atoms with Crippen LogP contribution in [0.1, 0.15) is 0 Å². The van der Waals surface area contributed by atoms with Crippen LogP contribution >= 0.6 is 0 Å². The van der Waals surface area contributed by atoms with Crippen molar-refractivity contribution < 1.29 is 8.83 Å². The molecule has 0 aliphatic rings. The van der Waals surface area contributed by atoms with Crippen molar-refractivity contribution in [2.24, 2.45) is 0 Å². The van der Waals surface area contributed by atoms with E-state index < -0.39 is 0 Å². The summed E-state index contributed by atoms with van der Waals surface area (Å²) >= 11 is 0. The molecule has 0 spiro atoms. The van der Waals surface area contributed by atoms with Crippen molar-refractivity contribution in [2.75, 3.05) is 0 Å². The summed E-state index contributed by atoms with van der Waals surface area (Å²) in [4.78, 5) is 0. The van der Waals surface area contributed by atoms with Gasteiger partial charge in [0, 0.05) is 32.7 Å². The van der Waals surface area contributed by atoms with Gasteiger partial charge in [-0.05, 0) is 67.7 Å². The van der Waals surface area contributed by atoms with Crippen molar-refractivity contribution >= 4 is 76.2 Å². The lowest BCUT2D eigenvalue weighted by atomic mass is 9.85. The van der Waals surface area contributed by atoms with Gasteiger partial charge in [0.25, 0.3) is 0 Å². The summed E-state index contributed by atoms with van der Waals surface area (Å²) in [6.45, 7) is 0. The molecule has 0 aliphatic carbocycles. The molecule has 0 atom stereocenters. The van der Waals surface area contributed by atoms with E-state index in [0.29, 0.717) is 0 Å². The van der Waals surface area contributed by atoms with Crippen LogP contribution in [0, 0.1) is 0 Å². The molecule has 0 unspecified atom stereocenters. The average Bonchev–Trinajstić information content (AvgIpc) is 3.66. The maximum absolute atomic E-state index is 6.56. The third-order valence-electron chi connectivity index (χ3n) is 9.25. The number of hydrogen-bond donors (Lipinski definition) is 0. The topological polar surface area (TPSA) is 26.3 Å². The van der Waals surface area contributed by atoms with Crippen molar-refractivity contribution in [1.82, 2.24) is 0 Å². The van der Waals surface area contributed by atoms with E-state index in [4.69, 9.17) is 8.83 Å². The lowest BCUT2D eigenvalue weighted by molar-refractivity contribution is 0.669. The van der Waals surface area contributed by atoms with Gasteiger partial charge in [0.15, 0.2) is 0 Å². The van der Waals surface area contributed by atoms with Crippen molar-refractivity contribution in [3.63, 3.8) is 0 Å². The third-order valence-corrected chi connectivity index (χ3v) is 9.25. The first-order chi connectivity index (χ1) is 21.8. The summed E-state index contributed by atoms with van der Waals surface area (Å²) in [5.74, 6) is 0. The summed E-state index contributed by atoms with van der Waals surface area (Å²) in [6, 6.07) is 51.9. The molecular formula is C42H24O2. The zero-order valence-electron chi connectivity index (χ0n) is 23.7. The molecule has 8 aromatic carbocycles. The van der Waals surface area contributed by atoms with E-state index in [1.807, 2.05) is 6.07 Å². The zero-order valence-corrected chi connectivity index (χ0v) is 23.7. The van der Waals surface area contributed by atoms with Gasteiger partial charge in [0.1, 0.15) is 22.3 Å². The molecule has 2 heterocycles. The monoisotopic (exact) mass is 560 g/mol. The minimum atomic E-state index is 0.905. The molecule has 10 aromatic rings. The highest BCUT2D eigenvalue weighted by Crippen LogP contribution is 2.47. The van der Waals surface area contributed by atoms with Crippen LogP contribution < -0.4 is 0 Å². The Morgan fingerprint density at radius 1 is 0.341 bits per heavy atom. The molecule has 204 valence electrons. The standard InChI is InChI=1S/C42H24O2/c1-2-11-27-25(10-1)20-23-38-41(27)35-24-26(21-22-37(35)43-38)39-29-13-3-5-15-31(29)40(32-16-6-4-14-30(32)39)34-18-9-17-33-28-12-7-8-19-36(28)44-42(33)34/h1-24H. The Kier molecular flexibility index (Phi) is 4.75. The van der Waals surface area contributed by atoms with E-state index in [2.05, 4.69) is 140 Å². The molecule has 0 aliphatic heterocycles. The molecule has 2 aromatic heterocycles. The van der Waals surface area contributed by atoms with Crippen molar-refractivity contribution in [2.45, 2.75) is 0 Å². The number of benzene rings is 8. The molecular weight excluding hydrogens is 536 g/mol. The molecule has 10 rings (SSSR count). The smallest absolute Gasteiger partial charge is 0.143 e. The predicted molar refractivity (Wildman–Crippen MR) is 184 cm³/mol. The van der Waals surface area contributed by atoms with Gasteiger partial charge >= 0.3 is 0 Å². The Bertz CT molecular complexity index is 2720. The summed E-state index contributed by atoms with van der Waals surface area (Å²) in [5.41, 5.74) is 8.37. The van der Waals surface area contributed by atoms with E-state index in [0.717, 1.165) is 44.1 Å². The van der Waals surface area contributed by atoms with E-state index in [1.165, 1.54) is 54.4 Å². The van der Waals surface area contributed by atoms with Crippen molar-refractivity contribution in [1.29, 1.82) is 0 Å². The van der Waals surface area contributed by atoms with Crippen molar-refractivity contribution in [3.05, 3.63) is 146 Å². The maximum Gasteiger partial charge on any atom is 0.143 e. The van der Waals surface area contributed by atoms with Crippen LogP contribution in [0.2, 0.25) is 0 Å². The number of furan rings is 2. The largest absolute Gasteiger partial charge is 0.456 e. The van der Waals surface area contributed by atoms with Gasteiger partial charge in [-0.1, -0.05) is 121 Å². The number of fused-ring (bicyclic) bond motifs is 10. The summed E-state index contributed by atoms with van der Waals surface area (Å²) in [6.07, 6.45) is 0. The minimum Gasteiger partial charge on any atom is -0.456 e. The van der Waals surface area contributed by atoms with Crippen LogP contribution in [0.15, 0.2) is 154 Å². The highest BCUT2D eigenvalue weighted by Gasteiger charge is 2.21. The molecule has 0 saturated carbocycles. The van der Waals surface area contributed by atoms with Gasteiger partial charge in [-0.3, -0.25) is 0 Å². The van der Waals surface area contributed by atoms with E-state index in [9.17, 15) is 0 Å². The highest BCUT2D eigenvalue weighted by molar-refractivity contribution is 6.25. The maximum atomic E-state index is 6.56. The molecule has 44 heavy (non-hydrogen) atoms. The lowest BCUT2D eigenvalue weighted by Gasteiger charge is -2.18. The van der Waals surface area contributed by atoms with Gasteiger partial charge in [-0.2, -0.15) is 0 Å². The molecule has 0 radical (unpaired) electrons. The quantitative estimate of drug-likeness (QED) is 0.197. The summed E-state index contributed by atoms with van der Waals surface area (Å²) in [5, 5.41) is 11.9. The number of para-hydroxylation sites is 2. The third kappa shape index (κ3) is 3.20. The zero-order chi connectivity index (χ0) is 28.8. The van der Waals surface area contributed by atoms with Gasteiger partial charge in [-0.15, -0.1) is 0 Å². The van der Waals surface area contributed by atoms with Crippen molar-refractivity contribution in [3.8, 4) is 22.3 Å². The second-order valence-corrected chi connectivity index (χ2v) is 11.6. The molecule has 0 bridgehead atoms. The summed E-state index contributed by atoms with van der Waals surface area (Å²) in [7, 11) is 0. The van der Waals surface area contributed by atoms with Gasteiger partial charge < -0.3 is 8.83 Å². The summed E-state index contributed by atoms with van der Waals surface area (Å²) < 4.78 is 12.9. The van der Waals surface area contributed by atoms with E-state index in [1.54, 1.807) is 0 Å². The Morgan fingerprint density at radius 2 is 0.932 bits per heavy atom. The molecule has 0 N–H and O–H groups in total. The molecule has 2 nitrogen and oxygen atoms in total. The molecule has 0 fully saturated rings. The Balaban J connectivity index is 1.32. The second kappa shape index (κ2) is 8.82. The minimum absolute atomic E-state index is 0.905. The fraction of sp³-hybridized carbons (Fsp3) is 0. The molecule has 2 heteroatoms.